The van der Waals surface area contributed by atoms with Crippen LogP contribution in [0.15, 0.2) is 42.1 Å². The van der Waals surface area contributed by atoms with E-state index in [1.165, 1.54) is 5.57 Å². The molecule has 1 aromatic carbocycles. The van der Waals surface area contributed by atoms with Gasteiger partial charge in [-0.3, -0.25) is 0 Å². The van der Waals surface area contributed by atoms with Gasteiger partial charge in [0.1, 0.15) is 0 Å². The highest BCUT2D eigenvalue weighted by atomic mass is 15.1. The molecule has 2 aromatic rings. The van der Waals surface area contributed by atoms with Crippen LogP contribution in [0.1, 0.15) is 13.8 Å². The number of aromatic nitrogens is 2. The fraction of sp³-hybridized carbons (Fsp3) is 0.231. The van der Waals surface area contributed by atoms with Gasteiger partial charge in [0.25, 0.3) is 0 Å². The summed E-state index contributed by atoms with van der Waals surface area (Å²) in [5, 5.41) is 4.23. The standard InChI is InChI=1S/C13H15N3/c1-10(2)7-8-14-13-15-9-11-5-3-4-6-12(11)16-13/h3-7,9H,8H2,1-2H3,(H,14,15,16). The summed E-state index contributed by atoms with van der Waals surface area (Å²) in [6.45, 7) is 4.91. The monoisotopic (exact) mass is 213 g/mol. The van der Waals surface area contributed by atoms with E-state index in [4.69, 9.17) is 0 Å². The molecule has 0 saturated heterocycles. The summed E-state index contributed by atoms with van der Waals surface area (Å²) >= 11 is 0. The lowest BCUT2D eigenvalue weighted by Crippen LogP contribution is -2.03. The second-order valence-corrected chi connectivity index (χ2v) is 3.91. The van der Waals surface area contributed by atoms with Crippen LogP contribution in [0.3, 0.4) is 0 Å². The molecule has 0 unspecified atom stereocenters. The molecule has 0 amide bonds. The quantitative estimate of drug-likeness (QED) is 0.796. The summed E-state index contributed by atoms with van der Waals surface area (Å²) < 4.78 is 0. The number of fused-ring (bicyclic) bond motifs is 1. The van der Waals surface area contributed by atoms with Crippen LogP contribution in [0.2, 0.25) is 0 Å². The van der Waals surface area contributed by atoms with E-state index in [0.717, 1.165) is 17.4 Å². The van der Waals surface area contributed by atoms with Crippen molar-refractivity contribution in [3.63, 3.8) is 0 Å². The predicted molar refractivity (Wildman–Crippen MR) is 67.5 cm³/mol. The summed E-state index contributed by atoms with van der Waals surface area (Å²) in [7, 11) is 0. The van der Waals surface area contributed by atoms with Crippen molar-refractivity contribution in [2.24, 2.45) is 0 Å². The minimum absolute atomic E-state index is 0.677. The Morgan fingerprint density at radius 3 is 2.94 bits per heavy atom. The van der Waals surface area contributed by atoms with Gasteiger partial charge in [0.15, 0.2) is 0 Å². The molecular formula is C13H15N3. The van der Waals surface area contributed by atoms with Gasteiger partial charge in [0.05, 0.1) is 5.52 Å². The zero-order valence-corrected chi connectivity index (χ0v) is 9.57. The second kappa shape index (κ2) is 4.75. The normalized spacial score (nSPS) is 10.1. The van der Waals surface area contributed by atoms with Gasteiger partial charge < -0.3 is 5.32 Å². The van der Waals surface area contributed by atoms with E-state index in [0.29, 0.717) is 5.95 Å². The molecule has 3 heteroatoms. The topological polar surface area (TPSA) is 37.8 Å². The molecular weight excluding hydrogens is 198 g/mol. The molecule has 0 saturated carbocycles. The van der Waals surface area contributed by atoms with Crippen molar-refractivity contribution in [2.45, 2.75) is 13.8 Å². The SMILES string of the molecule is CC(C)=CCNc1ncc2ccccc2n1. The Kier molecular flexibility index (Phi) is 3.15. The van der Waals surface area contributed by atoms with E-state index in [1.54, 1.807) is 0 Å². The number of benzene rings is 1. The minimum Gasteiger partial charge on any atom is -0.351 e. The highest BCUT2D eigenvalue weighted by molar-refractivity contribution is 5.78. The Morgan fingerprint density at radius 1 is 1.31 bits per heavy atom. The zero-order chi connectivity index (χ0) is 11.4. The molecule has 0 aliphatic carbocycles. The van der Waals surface area contributed by atoms with Crippen LogP contribution in [0.5, 0.6) is 0 Å². The Hall–Kier alpha value is -1.90. The number of nitrogens with one attached hydrogen (secondary N) is 1. The molecule has 0 aliphatic rings. The Labute approximate surface area is 95.2 Å². The molecule has 0 atom stereocenters. The predicted octanol–water partition coefficient (Wildman–Crippen LogP) is 3.01. The van der Waals surface area contributed by atoms with Crippen LogP contribution in [-0.4, -0.2) is 16.5 Å². The van der Waals surface area contributed by atoms with Crippen molar-refractivity contribution < 1.29 is 0 Å². The lowest BCUT2D eigenvalue weighted by molar-refractivity contribution is 1.14. The van der Waals surface area contributed by atoms with Crippen LogP contribution in [0, 0.1) is 0 Å². The van der Waals surface area contributed by atoms with Gasteiger partial charge in [-0.1, -0.05) is 29.8 Å². The average Bonchev–Trinajstić information content (AvgIpc) is 2.28. The highest BCUT2D eigenvalue weighted by Crippen LogP contribution is 2.11. The first-order valence-corrected chi connectivity index (χ1v) is 5.35. The van der Waals surface area contributed by atoms with Gasteiger partial charge in [-0.2, -0.15) is 0 Å². The van der Waals surface area contributed by atoms with E-state index < -0.39 is 0 Å². The molecule has 16 heavy (non-hydrogen) atoms. The maximum atomic E-state index is 4.42. The van der Waals surface area contributed by atoms with E-state index in [1.807, 2.05) is 30.5 Å². The van der Waals surface area contributed by atoms with E-state index in [2.05, 4.69) is 35.2 Å². The molecule has 1 heterocycles. The van der Waals surface area contributed by atoms with Gasteiger partial charge in [-0.15, -0.1) is 0 Å². The Morgan fingerprint density at radius 2 is 2.12 bits per heavy atom. The molecule has 0 aliphatic heterocycles. The van der Waals surface area contributed by atoms with Crippen LogP contribution >= 0.6 is 0 Å². The summed E-state index contributed by atoms with van der Waals surface area (Å²) in [6, 6.07) is 7.97. The van der Waals surface area contributed by atoms with Gasteiger partial charge in [0.2, 0.25) is 5.95 Å². The fourth-order valence-electron chi connectivity index (χ4n) is 1.40. The van der Waals surface area contributed by atoms with Crippen molar-refractivity contribution in [1.82, 2.24) is 9.97 Å². The summed E-state index contributed by atoms with van der Waals surface area (Å²) in [6.07, 6.45) is 3.95. The largest absolute Gasteiger partial charge is 0.351 e. The smallest absolute Gasteiger partial charge is 0.223 e. The molecule has 3 nitrogen and oxygen atoms in total. The highest BCUT2D eigenvalue weighted by Gasteiger charge is 1.97. The van der Waals surface area contributed by atoms with Crippen LogP contribution in [-0.2, 0) is 0 Å². The molecule has 0 radical (unpaired) electrons. The van der Waals surface area contributed by atoms with Crippen molar-refractivity contribution in [2.75, 3.05) is 11.9 Å². The number of rotatable bonds is 3. The van der Waals surface area contributed by atoms with E-state index in [-0.39, 0.29) is 0 Å². The first-order chi connectivity index (χ1) is 7.75. The molecule has 0 fully saturated rings. The van der Waals surface area contributed by atoms with Crippen molar-refractivity contribution in [1.29, 1.82) is 0 Å². The third-order valence-corrected chi connectivity index (χ3v) is 2.26. The number of allylic oxidation sites excluding steroid dienone is 1. The molecule has 0 bridgehead atoms. The summed E-state index contributed by atoms with van der Waals surface area (Å²) in [4.78, 5) is 8.67. The Bertz CT molecular complexity index is 513. The van der Waals surface area contributed by atoms with Gasteiger partial charge in [-0.05, 0) is 19.9 Å². The molecule has 0 spiro atoms. The lowest BCUT2D eigenvalue weighted by Gasteiger charge is -2.03. The molecule has 2 rings (SSSR count). The maximum absolute atomic E-state index is 4.42. The summed E-state index contributed by atoms with van der Waals surface area (Å²) in [5.41, 5.74) is 2.26. The van der Waals surface area contributed by atoms with Gasteiger partial charge >= 0.3 is 0 Å². The lowest BCUT2D eigenvalue weighted by atomic mass is 10.2. The first-order valence-electron chi connectivity index (χ1n) is 5.35. The van der Waals surface area contributed by atoms with E-state index >= 15 is 0 Å². The third-order valence-electron chi connectivity index (χ3n) is 2.26. The number of hydrogen-bond donors (Lipinski definition) is 1. The number of hydrogen-bond acceptors (Lipinski definition) is 3. The third kappa shape index (κ3) is 2.57. The second-order valence-electron chi connectivity index (χ2n) is 3.91. The molecule has 82 valence electrons. The molecule has 1 N–H and O–H groups in total. The number of anilines is 1. The van der Waals surface area contributed by atoms with Crippen molar-refractivity contribution in [3.05, 3.63) is 42.1 Å². The minimum atomic E-state index is 0.677. The maximum Gasteiger partial charge on any atom is 0.223 e. The van der Waals surface area contributed by atoms with Crippen LogP contribution < -0.4 is 5.32 Å². The number of para-hydroxylation sites is 1. The molecule has 1 aromatic heterocycles. The van der Waals surface area contributed by atoms with Crippen LogP contribution in [0.25, 0.3) is 10.9 Å². The average molecular weight is 213 g/mol. The van der Waals surface area contributed by atoms with E-state index in [9.17, 15) is 0 Å². The van der Waals surface area contributed by atoms with Gasteiger partial charge in [0, 0.05) is 18.1 Å². The van der Waals surface area contributed by atoms with Crippen LogP contribution in [0.4, 0.5) is 5.95 Å². The van der Waals surface area contributed by atoms with Crippen molar-refractivity contribution >= 4 is 16.9 Å². The zero-order valence-electron chi connectivity index (χ0n) is 9.57. The number of nitrogens with zero attached hydrogens (tertiary/aromatic N) is 2. The van der Waals surface area contributed by atoms with Crippen molar-refractivity contribution in [3.8, 4) is 0 Å². The summed E-state index contributed by atoms with van der Waals surface area (Å²) in [5.74, 6) is 0.677. The first kappa shape index (κ1) is 10.6. The fourth-order valence-corrected chi connectivity index (χ4v) is 1.40. The van der Waals surface area contributed by atoms with Gasteiger partial charge in [-0.25, -0.2) is 9.97 Å². The Balaban J connectivity index is 2.16.